The Labute approximate surface area is 145 Å². The molecular formula is C14H12Cl2F3NO4. The quantitative estimate of drug-likeness (QED) is 0.698. The lowest BCUT2D eigenvalue weighted by atomic mass is 10.1. The zero-order chi connectivity index (χ0) is 18.3. The van der Waals surface area contributed by atoms with E-state index in [1.807, 2.05) is 0 Å². The van der Waals surface area contributed by atoms with Crippen LogP contribution in [0.15, 0.2) is 18.2 Å². The molecule has 0 spiro atoms. The molecule has 0 aliphatic carbocycles. The van der Waals surface area contributed by atoms with Crippen molar-refractivity contribution in [3.8, 4) is 5.75 Å². The van der Waals surface area contributed by atoms with Gasteiger partial charge in [-0.25, -0.2) is 0 Å². The molecule has 0 saturated heterocycles. The van der Waals surface area contributed by atoms with Crippen molar-refractivity contribution in [2.24, 2.45) is 0 Å². The SMILES string of the molecule is O=C(Cl)CCc1cc(CNC(=O)C(F)(F)F)cc(OCC(=O)Cl)c1. The third kappa shape index (κ3) is 7.65. The largest absolute Gasteiger partial charge is 0.484 e. The molecule has 0 atom stereocenters. The fourth-order valence-corrected chi connectivity index (χ4v) is 1.87. The summed E-state index contributed by atoms with van der Waals surface area (Å²) in [6, 6.07) is 4.34. The fraction of sp³-hybridized carbons (Fsp3) is 0.357. The zero-order valence-electron chi connectivity index (χ0n) is 12.1. The Balaban J connectivity index is 2.89. The summed E-state index contributed by atoms with van der Waals surface area (Å²) in [6.45, 7) is -0.847. The first kappa shape index (κ1) is 20.2. The van der Waals surface area contributed by atoms with Crippen molar-refractivity contribution < 1.29 is 32.3 Å². The lowest BCUT2D eigenvalue weighted by Gasteiger charge is -2.12. The maximum Gasteiger partial charge on any atom is 0.471 e. The van der Waals surface area contributed by atoms with Crippen LogP contribution in [0.5, 0.6) is 5.75 Å². The Bertz CT molecular complexity index is 599. The van der Waals surface area contributed by atoms with Gasteiger partial charge in [0, 0.05) is 13.0 Å². The van der Waals surface area contributed by atoms with E-state index >= 15 is 0 Å². The normalized spacial score (nSPS) is 11.0. The number of hydrogen-bond donors (Lipinski definition) is 1. The lowest BCUT2D eigenvalue weighted by Crippen LogP contribution is -2.36. The highest BCUT2D eigenvalue weighted by Crippen LogP contribution is 2.20. The molecule has 0 saturated carbocycles. The summed E-state index contributed by atoms with van der Waals surface area (Å²) >= 11 is 10.4. The van der Waals surface area contributed by atoms with Crippen LogP contribution in [-0.2, 0) is 27.3 Å². The van der Waals surface area contributed by atoms with Crippen molar-refractivity contribution in [3.05, 3.63) is 29.3 Å². The molecule has 0 fully saturated rings. The molecule has 132 valence electrons. The van der Waals surface area contributed by atoms with Gasteiger partial charge < -0.3 is 10.1 Å². The van der Waals surface area contributed by atoms with Crippen LogP contribution in [0.2, 0.25) is 0 Å². The number of hydrogen-bond acceptors (Lipinski definition) is 4. The summed E-state index contributed by atoms with van der Waals surface area (Å²) in [5, 5.41) is 0.377. The number of carbonyl (C=O) groups excluding carboxylic acids is 3. The van der Waals surface area contributed by atoms with Crippen molar-refractivity contribution in [1.29, 1.82) is 0 Å². The number of nitrogens with one attached hydrogen (secondary N) is 1. The molecule has 0 bridgehead atoms. The average molecular weight is 386 g/mol. The second-order valence-corrected chi connectivity index (χ2v) is 5.51. The summed E-state index contributed by atoms with van der Waals surface area (Å²) in [7, 11) is 0. The first-order valence-corrected chi connectivity index (χ1v) is 7.31. The molecule has 5 nitrogen and oxygen atoms in total. The van der Waals surface area contributed by atoms with E-state index in [0.29, 0.717) is 11.1 Å². The highest BCUT2D eigenvalue weighted by Gasteiger charge is 2.38. The van der Waals surface area contributed by atoms with Gasteiger partial charge in [0.05, 0.1) is 0 Å². The third-order valence-electron chi connectivity index (χ3n) is 2.70. The molecule has 1 amide bonds. The van der Waals surface area contributed by atoms with E-state index in [9.17, 15) is 27.6 Å². The number of rotatable bonds is 8. The molecule has 1 N–H and O–H groups in total. The van der Waals surface area contributed by atoms with Gasteiger partial charge in [0.2, 0.25) is 5.24 Å². The molecular weight excluding hydrogens is 374 g/mol. The number of ether oxygens (including phenoxy) is 1. The van der Waals surface area contributed by atoms with Crippen LogP contribution in [0.3, 0.4) is 0 Å². The number of halogens is 5. The van der Waals surface area contributed by atoms with E-state index in [-0.39, 0.29) is 18.6 Å². The van der Waals surface area contributed by atoms with Crippen LogP contribution in [0.25, 0.3) is 0 Å². The number of carbonyl (C=O) groups is 3. The Morgan fingerprint density at radius 3 is 2.21 bits per heavy atom. The van der Waals surface area contributed by atoms with Crippen molar-refractivity contribution in [3.63, 3.8) is 0 Å². The second-order valence-electron chi connectivity index (χ2n) is 4.66. The maximum atomic E-state index is 12.2. The summed E-state index contributed by atoms with van der Waals surface area (Å²) < 4.78 is 41.7. The Morgan fingerprint density at radius 1 is 1.04 bits per heavy atom. The van der Waals surface area contributed by atoms with E-state index < -0.39 is 35.7 Å². The van der Waals surface area contributed by atoms with Gasteiger partial charge in [0.1, 0.15) is 5.75 Å². The molecule has 0 heterocycles. The van der Waals surface area contributed by atoms with E-state index in [1.54, 1.807) is 5.32 Å². The highest BCUT2D eigenvalue weighted by atomic mass is 35.5. The molecule has 1 aromatic carbocycles. The minimum absolute atomic E-state index is 0.00773. The van der Waals surface area contributed by atoms with Crippen molar-refractivity contribution in [1.82, 2.24) is 5.32 Å². The predicted molar refractivity (Wildman–Crippen MR) is 79.9 cm³/mol. The van der Waals surface area contributed by atoms with Gasteiger partial charge in [-0.05, 0) is 52.9 Å². The molecule has 0 radical (unpaired) electrons. The summed E-state index contributed by atoms with van der Waals surface area (Å²) in [5.74, 6) is -1.91. The summed E-state index contributed by atoms with van der Waals surface area (Å²) in [6.07, 6.45) is -4.77. The second kappa shape index (κ2) is 8.89. The smallest absolute Gasteiger partial charge is 0.471 e. The Morgan fingerprint density at radius 2 is 1.67 bits per heavy atom. The van der Waals surface area contributed by atoms with Gasteiger partial charge in [-0.2, -0.15) is 13.2 Å². The van der Waals surface area contributed by atoms with Crippen LogP contribution in [0, 0.1) is 0 Å². The maximum absolute atomic E-state index is 12.2. The van der Waals surface area contributed by atoms with Crippen LogP contribution in [-0.4, -0.2) is 29.2 Å². The Hall–Kier alpha value is -1.80. The minimum atomic E-state index is -4.99. The highest BCUT2D eigenvalue weighted by molar-refractivity contribution is 6.64. The molecule has 0 aliphatic rings. The topological polar surface area (TPSA) is 72.5 Å². The number of alkyl halides is 3. The number of benzene rings is 1. The molecule has 0 aromatic heterocycles. The molecule has 0 aliphatic heterocycles. The van der Waals surface area contributed by atoms with Crippen molar-refractivity contribution >= 4 is 39.6 Å². The molecule has 1 aromatic rings. The first-order chi connectivity index (χ1) is 11.1. The Kier molecular flexibility index (Phi) is 7.50. The summed E-state index contributed by atoms with van der Waals surface area (Å²) in [4.78, 5) is 32.4. The minimum Gasteiger partial charge on any atom is -0.484 e. The van der Waals surface area contributed by atoms with Crippen LogP contribution < -0.4 is 10.1 Å². The first-order valence-electron chi connectivity index (χ1n) is 6.55. The van der Waals surface area contributed by atoms with Gasteiger partial charge in [-0.3, -0.25) is 14.4 Å². The van der Waals surface area contributed by atoms with E-state index in [2.05, 4.69) is 0 Å². The predicted octanol–water partition coefficient (Wildman–Crippen LogP) is 2.71. The van der Waals surface area contributed by atoms with Crippen LogP contribution in [0.4, 0.5) is 13.2 Å². The molecule has 1 rings (SSSR count). The van der Waals surface area contributed by atoms with E-state index in [0.717, 1.165) is 0 Å². The van der Waals surface area contributed by atoms with Crippen LogP contribution >= 0.6 is 23.2 Å². The van der Waals surface area contributed by atoms with Gasteiger partial charge in [0.25, 0.3) is 5.24 Å². The van der Waals surface area contributed by atoms with Crippen LogP contribution in [0.1, 0.15) is 17.5 Å². The van der Waals surface area contributed by atoms with E-state index in [4.69, 9.17) is 27.9 Å². The third-order valence-corrected chi connectivity index (χ3v) is 3.00. The molecule has 10 heteroatoms. The molecule has 0 unspecified atom stereocenters. The van der Waals surface area contributed by atoms with Gasteiger partial charge >= 0.3 is 12.1 Å². The van der Waals surface area contributed by atoms with Crippen molar-refractivity contribution in [2.45, 2.75) is 25.6 Å². The zero-order valence-corrected chi connectivity index (χ0v) is 13.6. The monoisotopic (exact) mass is 385 g/mol. The fourth-order valence-electron chi connectivity index (χ4n) is 1.72. The van der Waals surface area contributed by atoms with Gasteiger partial charge in [-0.15, -0.1) is 0 Å². The average Bonchev–Trinajstić information content (AvgIpc) is 2.47. The van der Waals surface area contributed by atoms with E-state index in [1.165, 1.54) is 18.2 Å². The summed E-state index contributed by atoms with van der Waals surface area (Å²) in [5.41, 5.74) is 0.837. The van der Waals surface area contributed by atoms with Gasteiger partial charge in [-0.1, -0.05) is 6.07 Å². The van der Waals surface area contributed by atoms with Crippen molar-refractivity contribution in [2.75, 3.05) is 6.61 Å². The standard InChI is InChI=1S/C14H12Cl2F3NO4/c15-11(21)2-1-8-3-9(6-20-13(23)14(17,18)19)5-10(4-8)24-7-12(16)22/h3-5H,1-2,6-7H2,(H,20,23). The molecule has 24 heavy (non-hydrogen) atoms. The lowest BCUT2D eigenvalue weighted by molar-refractivity contribution is -0.173. The van der Waals surface area contributed by atoms with Gasteiger partial charge in [0.15, 0.2) is 6.61 Å². The number of aryl methyl sites for hydroxylation is 1. The number of amides is 1.